The Morgan fingerprint density at radius 2 is 2.25 bits per heavy atom. The van der Waals surface area contributed by atoms with E-state index in [9.17, 15) is 4.79 Å². The maximum atomic E-state index is 11.2. The Balaban J connectivity index is 2.54. The minimum atomic E-state index is -0.594. The van der Waals surface area contributed by atoms with E-state index in [4.69, 9.17) is 4.74 Å². The average Bonchev–Trinajstić information content (AvgIpc) is 2.22. The number of carbonyl (C=O) groups excluding carboxylic acids is 1. The maximum Gasteiger partial charge on any atom is 0.252 e. The number of amidine groups is 1. The molecule has 0 bridgehead atoms. The number of hydrogen-bond donors (Lipinski definition) is 1. The molecule has 0 aromatic rings. The van der Waals surface area contributed by atoms with Crippen LogP contribution in [0.3, 0.4) is 0 Å². The van der Waals surface area contributed by atoms with Crippen molar-refractivity contribution in [3.8, 4) is 0 Å². The largest absolute Gasteiger partial charge is 0.384 e. The van der Waals surface area contributed by atoms with Gasteiger partial charge >= 0.3 is 0 Å². The smallest absolute Gasteiger partial charge is 0.252 e. The summed E-state index contributed by atoms with van der Waals surface area (Å²) in [4.78, 5) is 15.4. The number of nitrogens with one attached hydrogen (secondary N) is 1. The molecule has 68 valence electrons. The third-order valence-corrected chi connectivity index (χ3v) is 1.77. The number of ether oxygens (including phenoxy) is 1. The fourth-order valence-electron chi connectivity index (χ4n) is 1.02. The highest BCUT2D eigenvalue weighted by atomic mass is 16.5. The van der Waals surface area contributed by atoms with Gasteiger partial charge < -0.3 is 10.1 Å². The zero-order valence-electron chi connectivity index (χ0n) is 7.68. The summed E-state index contributed by atoms with van der Waals surface area (Å²) >= 11 is 0. The highest BCUT2D eigenvalue weighted by Gasteiger charge is 2.33. The van der Waals surface area contributed by atoms with Crippen LogP contribution >= 0.6 is 0 Å². The highest BCUT2D eigenvalue weighted by molar-refractivity contribution is 6.07. The summed E-state index contributed by atoms with van der Waals surface area (Å²) in [5, 5.41) is 2.71. The average molecular weight is 170 g/mol. The molecule has 0 fully saturated rings. The number of amides is 1. The van der Waals surface area contributed by atoms with E-state index in [1.807, 2.05) is 0 Å². The van der Waals surface area contributed by atoms with E-state index in [0.717, 1.165) is 5.84 Å². The summed E-state index contributed by atoms with van der Waals surface area (Å²) in [7, 11) is 1.63. The fourth-order valence-corrected chi connectivity index (χ4v) is 1.02. The molecule has 0 aromatic heterocycles. The lowest BCUT2D eigenvalue weighted by molar-refractivity contribution is -0.122. The van der Waals surface area contributed by atoms with Crippen molar-refractivity contribution in [3.63, 3.8) is 0 Å². The molecule has 4 heteroatoms. The molecule has 1 heterocycles. The third kappa shape index (κ3) is 1.82. The number of carbonyl (C=O) groups is 1. The first-order valence-electron chi connectivity index (χ1n) is 3.95. The molecular weight excluding hydrogens is 156 g/mol. The minimum absolute atomic E-state index is 0.0337. The Morgan fingerprint density at radius 1 is 1.58 bits per heavy atom. The molecule has 1 aliphatic heterocycles. The second kappa shape index (κ2) is 3.23. The van der Waals surface area contributed by atoms with Crippen molar-refractivity contribution < 1.29 is 9.53 Å². The molecule has 4 nitrogen and oxygen atoms in total. The summed E-state index contributed by atoms with van der Waals surface area (Å²) in [6.07, 6.45) is 0.672. The second-order valence-electron chi connectivity index (χ2n) is 3.31. The van der Waals surface area contributed by atoms with Gasteiger partial charge in [0.15, 0.2) is 0 Å². The zero-order chi connectivity index (χ0) is 9.19. The molecule has 0 spiro atoms. The SMILES string of the molecule is COCCC1=NC(C)(C)C(=O)N1. The van der Waals surface area contributed by atoms with Crippen molar-refractivity contribution in [3.05, 3.63) is 0 Å². The molecule has 0 saturated heterocycles. The van der Waals surface area contributed by atoms with Crippen LogP contribution in [-0.2, 0) is 9.53 Å². The van der Waals surface area contributed by atoms with Crippen LogP contribution in [0.1, 0.15) is 20.3 Å². The molecule has 0 aliphatic carbocycles. The van der Waals surface area contributed by atoms with E-state index in [2.05, 4.69) is 10.3 Å². The number of aliphatic imine (C=N–C) groups is 1. The van der Waals surface area contributed by atoms with Crippen LogP contribution in [0.15, 0.2) is 4.99 Å². The summed E-state index contributed by atoms with van der Waals surface area (Å²) in [5.41, 5.74) is -0.594. The Hall–Kier alpha value is -0.900. The molecule has 0 radical (unpaired) electrons. The van der Waals surface area contributed by atoms with Crippen molar-refractivity contribution in [2.45, 2.75) is 25.8 Å². The van der Waals surface area contributed by atoms with Gasteiger partial charge in [-0.3, -0.25) is 9.79 Å². The van der Waals surface area contributed by atoms with E-state index < -0.39 is 5.54 Å². The van der Waals surface area contributed by atoms with Crippen molar-refractivity contribution in [1.82, 2.24) is 5.32 Å². The van der Waals surface area contributed by atoms with Gasteiger partial charge in [0.05, 0.1) is 6.61 Å². The Labute approximate surface area is 72.0 Å². The van der Waals surface area contributed by atoms with E-state index in [-0.39, 0.29) is 5.91 Å². The summed E-state index contributed by atoms with van der Waals surface area (Å²) in [6.45, 7) is 4.18. The number of hydrogen-bond acceptors (Lipinski definition) is 3. The van der Waals surface area contributed by atoms with Crippen LogP contribution in [0.25, 0.3) is 0 Å². The van der Waals surface area contributed by atoms with Crippen molar-refractivity contribution >= 4 is 11.7 Å². The first kappa shape index (κ1) is 9.19. The van der Waals surface area contributed by atoms with Gasteiger partial charge in [-0.2, -0.15) is 0 Å². The quantitative estimate of drug-likeness (QED) is 0.663. The van der Waals surface area contributed by atoms with Gasteiger partial charge in [0.1, 0.15) is 11.4 Å². The Kier molecular flexibility index (Phi) is 2.47. The van der Waals surface area contributed by atoms with Crippen molar-refractivity contribution in [1.29, 1.82) is 0 Å². The Bertz CT molecular complexity index is 221. The van der Waals surface area contributed by atoms with E-state index in [1.165, 1.54) is 0 Å². The topological polar surface area (TPSA) is 50.7 Å². The summed E-state index contributed by atoms with van der Waals surface area (Å²) in [5.74, 6) is 0.695. The van der Waals surface area contributed by atoms with Crippen LogP contribution < -0.4 is 5.32 Å². The zero-order valence-corrected chi connectivity index (χ0v) is 7.68. The lowest BCUT2D eigenvalue weighted by atomic mass is 10.1. The molecule has 0 saturated carbocycles. The molecule has 0 aromatic carbocycles. The van der Waals surface area contributed by atoms with Gasteiger partial charge in [-0.15, -0.1) is 0 Å². The number of rotatable bonds is 3. The number of methoxy groups -OCH3 is 1. The van der Waals surface area contributed by atoms with Crippen LogP contribution in [-0.4, -0.2) is 31.0 Å². The lowest BCUT2D eigenvalue weighted by Crippen LogP contribution is -2.34. The van der Waals surface area contributed by atoms with Gasteiger partial charge in [-0.1, -0.05) is 0 Å². The van der Waals surface area contributed by atoms with Crippen molar-refractivity contribution in [2.75, 3.05) is 13.7 Å². The van der Waals surface area contributed by atoms with E-state index in [0.29, 0.717) is 13.0 Å². The normalized spacial score (nSPS) is 20.6. The van der Waals surface area contributed by atoms with Gasteiger partial charge in [-0.05, 0) is 13.8 Å². The molecule has 1 amide bonds. The minimum Gasteiger partial charge on any atom is -0.384 e. The standard InChI is InChI=1S/C8H14N2O2/c1-8(2)7(11)9-6(10-8)4-5-12-3/h4-5H2,1-3H3,(H,9,10,11). The van der Waals surface area contributed by atoms with Gasteiger partial charge in [0.2, 0.25) is 0 Å². The molecule has 1 N–H and O–H groups in total. The van der Waals surface area contributed by atoms with Crippen LogP contribution in [0.5, 0.6) is 0 Å². The van der Waals surface area contributed by atoms with Gasteiger partial charge in [0.25, 0.3) is 5.91 Å². The first-order valence-corrected chi connectivity index (χ1v) is 3.95. The molecule has 1 aliphatic rings. The third-order valence-electron chi connectivity index (χ3n) is 1.77. The predicted octanol–water partition coefficient (Wildman–Crippen LogP) is 0.330. The molecule has 0 atom stereocenters. The summed E-state index contributed by atoms with van der Waals surface area (Å²) in [6, 6.07) is 0. The van der Waals surface area contributed by atoms with Gasteiger partial charge in [-0.25, -0.2) is 0 Å². The fraction of sp³-hybridized carbons (Fsp3) is 0.750. The molecule has 12 heavy (non-hydrogen) atoms. The van der Waals surface area contributed by atoms with Crippen molar-refractivity contribution in [2.24, 2.45) is 4.99 Å². The van der Waals surface area contributed by atoms with Gasteiger partial charge in [0, 0.05) is 13.5 Å². The predicted molar refractivity (Wildman–Crippen MR) is 46.1 cm³/mol. The molecule has 0 unspecified atom stereocenters. The molecule has 1 rings (SSSR count). The van der Waals surface area contributed by atoms with Crippen LogP contribution in [0.4, 0.5) is 0 Å². The number of nitrogens with zero attached hydrogens (tertiary/aromatic N) is 1. The van der Waals surface area contributed by atoms with Crippen LogP contribution in [0.2, 0.25) is 0 Å². The Morgan fingerprint density at radius 3 is 2.67 bits per heavy atom. The van der Waals surface area contributed by atoms with Crippen LogP contribution in [0, 0.1) is 0 Å². The maximum absolute atomic E-state index is 11.2. The van der Waals surface area contributed by atoms with E-state index in [1.54, 1.807) is 21.0 Å². The highest BCUT2D eigenvalue weighted by Crippen LogP contribution is 2.15. The van der Waals surface area contributed by atoms with E-state index >= 15 is 0 Å². The second-order valence-corrected chi connectivity index (χ2v) is 3.31. The lowest BCUT2D eigenvalue weighted by Gasteiger charge is -2.07. The first-order chi connectivity index (χ1) is 5.56. The monoisotopic (exact) mass is 170 g/mol. The molecular formula is C8H14N2O2. The summed E-state index contributed by atoms with van der Waals surface area (Å²) < 4.78 is 4.88.